The molecule has 0 amide bonds. The second-order valence-corrected chi connectivity index (χ2v) is 23.3. The summed E-state index contributed by atoms with van der Waals surface area (Å²) in [6.45, 7) is 0. The Morgan fingerprint density at radius 2 is 0.500 bits per heavy atom. The van der Waals surface area contributed by atoms with Gasteiger partial charge in [-0.25, -0.2) is 29.9 Å². The van der Waals surface area contributed by atoms with Crippen molar-refractivity contribution in [2.45, 2.75) is 0 Å². The minimum atomic E-state index is 0.567. The monoisotopic (exact) mass is 1170 g/mol. The van der Waals surface area contributed by atoms with Gasteiger partial charge in [0.1, 0.15) is 22.3 Å². The molecule has 0 atom stereocenters. The summed E-state index contributed by atoms with van der Waals surface area (Å²) in [5.74, 6) is 3.47. The average molecular weight is 1180 g/mol. The molecule has 18 aromatic rings. The van der Waals surface area contributed by atoms with Crippen molar-refractivity contribution in [3.63, 3.8) is 0 Å². The number of furan rings is 2. The Bertz CT molecular complexity index is 5940. The van der Waals surface area contributed by atoms with Crippen LogP contribution in [0.1, 0.15) is 0 Å². The van der Waals surface area contributed by atoms with Crippen LogP contribution in [0.3, 0.4) is 0 Å². The van der Waals surface area contributed by atoms with Crippen LogP contribution in [0.25, 0.3) is 189 Å². The molecule has 0 saturated carbocycles. The Labute approximate surface area is 528 Å². The molecule has 8 heteroatoms. The smallest absolute Gasteiger partial charge is 0.164 e. The molecule has 0 spiro atoms. The molecule has 8 nitrogen and oxygen atoms in total. The third-order valence-electron chi connectivity index (χ3n) is 17.8. The molecule has 4 aromatic heterocycles. The van der Waals surface area contributed by atoms with Crippen LogP contribution >= 0.6 is 0 Å². The first-order valence-corrected chi connectivity index (χ1v) is 30.8. The number of nitrogens with zero attached hydrogens (tertiary/aromatic N) is 6. The number of benzene rings is 14. The topological polar surface area (TPSA) is 104 Å². The Morgan fingerprint density at radius 1 is 0.174 bits per heavy atom. The highest BCUT2D eigenvalue weighted by molar-refractivity contribution is 6.13. The van der Waals surface area contributed by atoms with E-state index in [0.717, 1.165) is 143 Å². The molecule has 0 saturated heterocycles. The first-order valence-electron chi connectivity index (χ1n) is 30.8. The van der Waals surface area contributed by atoms with E-state index in [-0.39, 0.29) is 0 Å². The molecule has 18 rings (SSSR count). The van der Waals surface area contributed by atoms with Gasteiger partial charge in [-0.3, -0.25) is 0 Å². The Morgan fingerprint density at radius 3 is 1.08 bits per heavy atom. The molecular weight excluding hydrogens is 1120 g/mol. The van der Waals surface area contributed by atoms with Crippen molar-refractivity contribution in [2.75, 3.05) is 0 Å². The lowest BCUT2D eigenvalue weighted by molar-refractivity contribution is 0.668. The number of aromatic nitrogens is 6. The molecule has 0 unspecified atom stereocenters. The standard InChI is InChI=1S/C84H50N6O2/c1-2-14-51(15-3-1)53-30-32-56(33-31-53)60-43-44-62-50-64(47-45-61(62)48-60)80-85-79(86-83(88-80)71-24-12-28-75-77(71)69-18-6-8-26-73(69)91-75)58-41-36-55(37-42-58)54-34-39-57(40-35-54)65-20-10-22-67-66(65)21-11-23-68(67)82-87-81(63-46-38-52-16-4-5-17-59(52)49-63)89-84(90-82)72-25-13-29-76-78(72)70-19-7-9-27-74(70)92-76/h1-50H. The fourth-order valence-electron chi connectivity index (χ4n) is 13.2. The lowest BCUT2D eigenvalue weighted by Crippen LogP contribution is -2.01. The summed E-state index contributed by atoms with van der Waals surface area (Å²) in [7, 11) is 0. The number of para-hydroxylation sites is 2. The summed E-state index contributed by atoms with van der Waals surface area (Å²) >= 11 is 0. The van der Waals surface area contributed by atoms with E-state index in [4.69, 9.17) is 38.7 Å². The van der Waals surface area contributed by atoms with Gasteiger partial charge in [-0.15, -0.1) is 0 Å². The average Bonchev–Trinajstić information content (AvgIpc) is 1.43. The minimum Gasteiger partial charge on any atom is -0.456 e. The maximum absolute atomic E-state index is 6.37. The van der Waals surface area contributed by atoms with Crippen LogP contribution in [0.15, 0.2) is 312 Å². The SMILES string of the molecule is c1ccc(-c2ccc(-c3ccc4cc(-c5nc(-c6ccc(-c7ccc(-c8cccc9c(-c%10nc(-c%11ccc%12ccccc%12c%11)nc(-c%11cccc%12oc%13ccccc%13c%11%12)n%10)cccc89)cc7)cc6)nc(-c6cccc7oc8ccccc8c67)n5)ccc4c3)cc2)cc1. The zero-order chi connectivity index (χ0) is 60.6. The molecule has 0 aliphatic carbocycles. The molecule has 0 bridgehead atoms. The first kappa shape index (κ1) is 52.6. The molecule has 0 radical (unpaired) electrons. The fourth-order valence-corrected chi connectivity index (χ4v) is 13.2. The van der Waals surface area contributed by atoms with Crippen LogP contribution in [0.2, 0.25) is 0 Å². The summed E-state index contributed by atoms with van der Waals surface area (Å²) in [4.78, 5) is 31.6. The lowest BCUT2D eigenvalue weighted by atomic mass is 9.94. The number of fused-ring (bicyclic) bond motifs is 9. The molecule has 0 fully saturated rings. The number of hydrogen-bond donors (Lipinski definition) is 0. The summed E-state index contributed by atoms with van der Waals surface area (Å²) in [5.41, 5.74) is 17.6. The molecule has 14 aromatic carbocycles. The zero-order valence-electron chi connectivity index (χ0n) is 49.4. The van der Waals surface area contributed by atoms with Crippen LogP contribution in [-0.2, 0) is 0 Å². The highest BCUT2D eigenvalue weighted by Gasteiger charge is 2.22. The van der Waals surface area contributed by atoms with Gasteiger partial charge in [0, 0.05) is 54.9 Å². The summed E-state index contributed by atoms with van der Waals surface area (Å²) in [5, 5.41) is 10.6. The van der Waals surface area contributed by atoms with E-state index in [1.807, 2.05) is 66.7 Å². The van der Waals surface area contributed by atoms with Gasteiger partial charge < -0.3 is 8.83 Å². The highest BCUT2D eigenvalue weighted by Crippen LogP contribution is 2.42. The van der Waals surface area contributed by atoms with E-state index < -0.39 is 0 Å². The Hall–Kier alpha value is -12.5. The molecule has 4 heterocycles. The third kappa shape index (κ3) is 9.24. The Balaban J connectivity index is 0.682. The maximum Gasteiger partial charge on any atom is 0.164 e. The number of hydrogen-bond acceptors (Lipinski definition) is 8. The molecule has 92 heavy (non-hydrogen) atoms. The van der Waals surface area contributed by atoms with Crippen LogP contribution in [0, 0.1) is 0 Å². The summed E-state index contributed by atoms with van der Waals surface area (Å²) in [6, 6.07) is 106. The molecular formula is C84H50N6O2. The van der Waals surface area contributed by atoms with Gasteiger partial charge >= 0.3 is 0 Å². The minimum absolute atomic E-state index is 0.567. The Kier molecular flexibility index (Phi) is 12.4. The van der Waals surface area contributed by atoms with E-state index in [9.17, 15) is 0 Å². The van der Waals surface area contributed by atoms with Crippen LogP contribution in [0.5, 0.6) is 0 Å². The van der Waals surface area contributed by atoms with Crippen molar-refractivity contribution in [3.05, 3.63) is 303 Å². The van der Waals surface area contributed by atoms with Gasteiger partial charge in [-0.2, -0.15) is 0 Å². The third-order valence-corrected chi connectivity index (χ3v) is 17.8. The van der Waals surface area contributed by atoms with Gasteiger partial charge in [0.15, 0.2) is 34.9 Å². The lowest BCUT2D eigenvalue weighted by Gasteiger charge is -2.13. The summed E-state index contributed by atoms with van der Waals surface area (Å²) < 4.78 is 12.7. The summed E-state index contributed by atoms with van der Waals surface area (Å²) in [6.07, 6.45) is 0. The molecule has 0 aliphatic rings. The molecule has 0 aliphatic heterocycles. The van der Waals surface area contributed by atoms with Crippen molar-refractivity contribution in [3.8, 4) is 113 Å². The first-order chi connectivity index (χ1) is 45.5. The largest absolute Gasteiger partial charge is 0.456 e. The van der Waals surface area contributed by atoms with Crippen LogP contribution in [0.4, 0.5) is 0 Å². The predicted molar refractivity (Wildman–Crippen MR) is 375 cm³/mol. The second-order valence-electron chi connectivity index (χ2n) is 23.3. The van der Waals surface area contributed by atoms with Crippen molar-refractivity contribution in [1.82, 2.24) is 29.9 Å². The zero-order valence-corrected chi connectivity index (χ0v) is 49.4. The number of rotatable bonds is 10. The van der Waals surface area contributed by atoms with E-state index in [1.54, 1.807) is 0 Å². The van der Waals surface area contributed by atoms with Crippen LogP contribution < -0.4 is 0 Å². The van der Waals surface area contributed by atoms with E-state index in [0.29, 0.717) is 34.9 Å². The normalized spacial score (nSPS) is 11.7. The van der Waals surface area contributed by atoms with Gasteiger partial charge in [0.05, 0.1) is 0 Å². The van der Waals surface area contributed by atoms with Gasteiger partial charge in [0.25, 0.3) is 0 Å². The van der Waals surface area contributed by atoms with E-state index in [2.05, 4.69) is 237 Å². The van der Waals surface area contributed by atoms with E-state index >= 15 is 0 Å². The second kappa shape index (κ2) is 21.7. The van der Waals surface area contributed by atoms with Gasteiger partial charge in [-0.05, 0) is 119 Å². The van der Waals surface area contributed by atoms with Crippen LogP contribution in [-0.4, -0.2) is 29.9 Å². The quantitative estimate of drug-likeness (QED) is 0.133. The maximum atomic E-state index is 6.37. The predicted octanol–water partition coefficient (Wildman–Crippen LogP) is 22.0. The molecule has 428 valence electrons. The van der Waals surface area contributed by atoms with Gasteiger partial charge in [0.2, 0.25) is 0 Å². The fraction of sp³-hybridized carbons (Fsp3) is 0. The highest BCUT2D eigenvalue weighted by atomic mass is 16.3. The van der Waals surface area contributed by atoms with E-state index in [1.165, 1.54) is 11.1 Å². The van der Waals surface area contributed by atoms with Gasteiger partial charge in [-0.1, -0.05) is 261 Å². The van der Waals surface area contributed by atoms with Crippen molar-refractivity contribution in [2.24, 2.45) is 0 Å². The van der Waals surface area contributed by atoms with Crippen molar-refractivity contribution < 1.29 is 8.83 Å². The van der Waals surface area contributed by atoms with Crippen molar-refractivity contribution >= 4 is 76.2 Å². The van der Waals surface area contributed by atoms with Crippen molar-refractivity contribution in [1.29, 1.82) is 0 Å². The molecule has 0 N–H and O–H groups in total.